The number of methoxy groups -OCH3 is 1. The highest BCUT2D eigenvalue weighted by atomic mass is 32.2. The van der Waals surface area contributed by atoms with Crippen molar-refractivity contribution >= 4 is 34.7 Å². The number of thioether (sulfide) groups is 1. The molecule has 6 nitrogen and oxygen atoms in total. The van der Waals surface area contributed by atoms with E-state index in [4.69, 9.17) is 4.74 Å². The molecule has 0 aliphatic carbocycles. The highest BCUT2D eigenvalue weighted by molar-refractivity contribution is 8.18. The summed E-state index contributed by atoms with van der Waals surface area (Å²) in [6.45, 7) is 0.0872. The average Bonchev–Trinajstić information content (AvgIpc) is 2.89. The maximum Gasteiger partial charge on any atom is 0.295 e. The molecule has 1 saturated heterocycles. The van der Waals surface area contributed by atoms with Crippen molar-refractivity contribution < 1.29 is 19.4 Å². The van der Waals surface area contributed by atoms with Gasteiger partial charge >= 0.3 is 0 Å². The highest BCUT2D eigenvalue weighted by Crippen LogP contribution is 2.32. The second-order valence-electron chi connectivity index (χ2n) is 5.26. The lowest BCUT2D eigenvalue weighted by Gasteiger charge is -2.14. The van der Waals surface area contributed by atoms with Crippen molar-refractivity contribution in [1.82, 2.24) is 4.90 Å². The van der Waals surface area contributed by atoms with E-state index in [9.17, 15) is 14.7 Å². The van der Waals surface area contributed by atoms with Gasteiger partial charge in [-0.05, 0) is 59.8 Å². The summed E-state index contributed by atoms with van der Waals surface area (Å²) in [6, 6.07) is 13.6. The standard InChI is InChI=1S/C18H16N2O4S/c1-24-15-8-4-13(5-9-15)19-11-20-17(22)16(25-18(20)23)10-12-2-6-14(21)7-3-12/h2-10,19,21H,11H2,1H3/b16-10+. The Bertz CT molecular complexity index is 816. The van der Waals surface area contributed by atoms with E-state index in [2.05, 4.69) is 5.32 Å². The molecule has 0 radical (unpaired) electrons. The minimum atomic E-state index is -0.343. The lowest BCUT2D eigenvalue weighted by Crippen LogP contribution is -2.33. The van der Waals surface area contributed by atoms with Crippen LogP contribution in [0.2, 0.25) is 0 Å². The largest absolute Gasteiger partial charge is 0.508 e. The molecule has 2 aromatic carbocycles. The molecule has 0 unspecified atom stereocenters. The van der Waals surface area contributed by atoms with Gasteiger partial charge < -0.3 is 15.2 Å². The molecule has 1 aliphatic rings. The quantitative estimate of drug-likeness (QED) is 0.798. The summed E-state index contributed by atoms with van der Waals surface area (Å²) in [5.41, 5.74) is 1.52. The molecule has 0 spiro atoms. The predicted molar refractivity (Wildman–Crippen MR) is 97.4 cm³/mol. The van der Waals surface area contributed by atoms with E-state index in [-0.39, 0.29) is 23.6 Å². The zero-order valence-electron chi connectivity index (χ0n) is 13.4. The van der Waals surface area contributed by atoms with Crippen LogP contribution in [-0.4, -0.2) is 34.9 Å². The number of carbonyl (C=O) groups is 2. The first kappa shape index (κ1) is 16.9. The first-order valence-corrected chi connectivity index (χ1v) is 8.31. The molecular weight excluding hydrogens is 340 g/mol. The normalized spacial score (nSPS) is 15.7. The number of ether oxygens (including phenoxy) is 1. The maximum atomic E-state index is 12.4. The zero-order valence-corrected chi connectivity index (χ0v) is 14.2. The van der Waals surface area contributed by atoms with Crippen LogP contribution in [0.3, 0.4) is 0 Å². The van der Waals surface area contributed by atoms with Gasteiger partial charge in [-0.25, -0.2) is 0 Å². The van der Waals surface area contributed by atoms with E-state index in [0.29, 0.717) is 4.91 Å². The van der Waals surface area contributed by atoms with Crippen molar-refractivity contribution in [3.63, 3.8) is 0 Å². The predicted octanol–water partition coefficient (Wildman–Crippen LogP) is 3.51. The van der Waals surface area contributed by atoms with Crippen LogP contribution in [0.15, 0.2) is 53.4 Å². The van der Waals surface area contributed by atoms with Gasteiger partial charge in [-0.1, -0.05) is 12.1 Å². The smallest absolute Gasteiger partial charge is 0.295 e. The summed E-state index contributed by atoms with van der Waals surface area (Å²) in [5, 5.41) is 12.0. The third kappa shape index (κ3) is 3.95. The number of hydrogen-bond donors (Lipinski definition) is 2. The number of nitrogens with zero attached hydrogens (tertiary/aromatic N) is 1. The van der Waals surface area contributed by atoms with Gasteiger partial charge in [0.1, 0.15) is 11.5 Å². The number of benzene rings is 2. The fraction of sp³-hybridized carbons (Fsp3) is 0.111. The number of nitrogens with one attached hydrogen (secondary N) is 1. The van der Waals surface area contributed by atoms with Crippen molar-refractivity contribution in [2.24, 2.45) is 0 Å². The first-order chi connectivity index (χ1) is 12.1. The summed E-state index contributed by atoms with van der Waals surface area (Å²) in [7, 11) is 1.59. The fourth-order valence-corrected chi connectivity index (χ4v) is 3.08. The SMILES string of the molecule is COc1ccc(NCN2C(=O)S/C(=C/c3ccc(O)cc3)C2=O)cc1. The van der Waals surface area contributed by atoms with Crippen LogP contribution in [-0.2, 0) is 4.79 Å². The Labute approximate surface area is 149 Å². The van der Waals surface area contributed by atoms with E-state index in [0.717, 1.165) is 33.7 Å². The minimum absolute atomic E-state index is 0.0872. The Balaban J connectivity index is 1.67. The third-order valence-electron chi connectivity index (χ3n) is 3.60. The second-order valence-corrected chi connectivity index (χ2v) is 6.26. The van der Waals surface area contributed by atoms with Gasteiger partial charge in [-0.15, -0.1) is 0 Å². The molecule has 0 atom stereocenters. The van der Waals surface area contributed by atoms with E-state index in [1.54, 1.807) is 37.5 Å². The van der Waals surface area contributed by atoms with Gasteiger partial charge in [-0.2, -0.15) is 0 Å². The number of imide groups is 1. The maximum absolute atomic E-state index is 12.4. The Morgan fingerprint density at radius 3 is 2.44 bits per heavy atom. The zero-order chi connectivity index (χ0) is 17.8. The Morgan fingerprint density at radius 1 is 1.12 bits per heavy atom. The van der Waals surface area contributed by atoms with Crippen molar-refractivity contribution in [1.29, 1.82) is 0 Å². The fourth-order valence-electron chi connectivity index (χ4n) is 2.24. The van der Waals surface area contributed by atoms with Gasteiger partial charge in [0.05, 0.1) is 18.7 Å². The van der Waals surface area contributed by atoms with E-state index >= 15 is 0 Å². The van der Waals surface area contributed by atoms with Gasteiger partial charge in [0.2, 0.25) is 0 Å². The molecule has 0 aromatic heterocycles. The number of phenolic OH excluding ortho intramolecular Hbond substituents is 1. The molecule has 1 heterocycles. The second kappa shape index (κ2) is 7.31. The summed E-state index contributed by atoms with van der Waals surface area (Å²) in [6.07, 6.45) is 1.64. The lowest BCUT2D eigenvalue weighted by molar-refractivity contribution is -0.122. The molecule has 1 fully saturated rings. The van der Waals surface area contributed by atoms with E-state index in [1.807, 2.05) is 12.1 Å². The van der Waals surface area contributed by atoms with Crippen LogP contribution in [0.25, 0.3) is 6.08 Å². The van der Waals surface area contributed by atoms with E-state index in [1.165, 1.54) is 12.1 Å². The molecule has 25 heavy (non-hydrogen) atoms. The number of carbonyl (C=O) groups excluding carboxylic acids is 2. The summed E-state index contributed by atoms with van der Waals surface area (Å²) >= 11 is 0.898. The van der Waals surface area contributed by atoms with Crippen LogP contribution in [0, 0.1) is 0 Å². The molecule has 0 bridgehead atoms. The van der Waals surface area contributed by atoms with Gasteiger partial charge in [0, 0.05) is 5.69 Å². The van der Waals surface area contributed by atoms with Crippen molar-refractivity contribution in [3.05, 3.63) is 59.0 Å². The van der Waals surface area contributed by atoms with Crippen LogP contribution in [0.5, 0.6) is 11.5 Å². The number of phenols is 1. The monoisotopic (exact) mass is 356 g/mol. The molecule has 2 amide bonds. The van der Waals surface area contributed by atoms with Gasteiger partial charge in [0.15, 0.2) is 0 Å². The Morgan fingerprint density at radius 2 is 1.80 bits per heavy atom. The number of aromatic hydroxyl groups is 1. The summed E-state index contributed by atoms with van der Waals surface area (Å²) < 4.78 is 5.09. The lowest BCUT2D eigenvalue weighted by atomic mass is 10.2. The highest BCUT2D eigenvalue weighted by Gasteiger charge is 2.34. The molecule has 0 saturated carbocycles. The first-order valence-electron chi connectivity index (χ1n) is 7.49. The molecule has 1 aliphatic heterocycles. The Kier molecular flexibility index (Phi) is 4.95. The van der Waals surface area contributed by atoms with Crippen LogP contribution in [0.4, 0.5) is 10.5 Å². The molecule has 2 N–H and O–H groups in total. The molecule has 7 heteroatoms. The molecule has 2 aromatic rings. The van der Waals surface area contributed by atoms with Crippen molar-refractivity contribution in [2.75, 3.05) is 19.1 Å². The minimum Gasteiger partial charge on any atom is -0.508 e. The van der Waals surface area contributed by atoms with Crippen LogP contribution < -0.4 is 10.1 Å². The summed E-state index contributed by atoms with van der Waals surface area (Å²) in [5.74, 6) is 0.534. The number of amides is 2. The molecule has 128 valence electrons. The average molecular weight is 356 g/mol. The molecule has 3 rings (SSSR count). The third-order valence-corrected chi connectivity index (χ3v) is 4.50. The van der Waals surface area contributed by atoms with E-state index < -0.39 is 0 Å². The van der Waals surface area contributed by atoms with Crippen LogP contribution in [0.1, 0.15) is 5.56 Å². The molecular formula is C18H16N2O4S. The Hall–Kier alpha value is -2.93. The van der Waals surface area contributed by atoms with Crippen molar-refractivity contribution in [3.8, 4) is 11.5 Å². The van der Waals surface area contributed by atoms with Crippen LogP contribution >= 0.6 is 11.8 Å². The number of hydrogen-bond acceptors (Lipinski definition) is 6. The number of rotatable bonds is 5. The van der Waals surface area contributed by atoms with Crippen molar-refractivity contribution in [2.45, 2.75) is 0 Å². The van der Waals surface area contributed by atoms with Gasteiger partial charge in [-0.3, -0.25) is 14.5 Å². The number of anilines is 1. The summed E-state index contributed by atoms with van der Waals surface area (Å²) in [4.78, 5) is 26.0. The van der Waals surface area contributed by atoms with Gasteiger partial charge in [0.25, 0.3) is 11.1 Å². The topological polar surface area (TPSA) is 78.9 Å².